The van der Waals surface area contributed by atoms with Gasteiger partial charge in [0.2, 0.25) is 0 Å². The first-order chi connectivity index (χ1) is 16.7. The number of rotatable bonds is 8. The fraction of sp³-hybridized carbons (Fsp3) is 0.200. The number of ether oxygens (including phenoxy) is 2. The number of nitrogens with zero attached hydrogens (tertiary/aromatic N) is 1. The summed E-state index contributed by atoms with van der Waals surface area (Å²) in [5.41, 5.74) is -0.0593. The van der Waals surface area contributed by atoms with E-state index in [-0.39, 0.29) is 18.8 Å². The van der Waals surface area contributed by atoms with Crippen LogP contribution in [0.4, 0.5) is 29.3 Å². The molecule has 0 saturated heterocycles. The second-order valence-corrected chi connectivity index (χ2v) is 7.35. The molecule has 0 aliphatic carbocycles. The molecule has 2 N–H and O–H groups in total. The van der Waals surface area contributed by atoms with E-state index < -0.39 is 23.7 Å². The average molecular weight is 487 g/mol. The molecule has 10 heteroatoms. The van der Waals surface area contributed by atoms with Gasteiger partial charge in [0, 0.05) is 36.1 Å². The first-order valence-corrected chi connectivity index (χ1v) is 10.5. The lowest BCUT2D eigenvalue weighted by atomic mass is 10.2. The number of hydrogen-bond acceptors (Lipinski definition) is 4. The minimum absolute atomic E-state index is 0.00160. The first-order valence-electron chi connectivity index (χ1n) is 10.5. The first kappa shape index (κ1) is 25.4. The fourth-order valence-corrected chi connectivity index (χ4v) is 3.24. The molecular formula is C25H24F3N3O4. The number of urea groups is 1. The summed E-state index contributed by atoms with van der Waals surface area (Å²) in [6.07, 6.45) is -4.53. The molecule has 3 aromatic rings. The van der Waals surface area contributed by atoms with E-state index >= 15 is 0 Å². The van der Waals surface area contributed by atoms with Crippen molar-refractivity contribution in [3.05, 3.63) is 83.9 Å². The van der Waals surface area contributed by atoms with E-state index in [4.69, 9.17) is 9.47 Å². The highest BCUT2D eigenvalue weighted by atomic mass is 19.4. The number of hydrogen-bond donors (Lipinski definition) is 2. The summed E-state index contributed by atoms with van der Waals surface area (Å²) in [5, 5.41) is 5.22. The predicted octanol–water partition coefficient (Wildman–Crippen LogP) is 5.19. The summed E-state index contributed by atoms with van der Waals surface area (Å²) in [7, 11) is 2.94. The standard InChI is InChI=1S/C25H24F3N3O4/c1-34-21-13-17(14-22(16-21)35-2)23(32)29-11-12-31(20-9-4-3-5-10-20)24(33)30-19-8-6-7-18(15-19)25(26,27)28/h3-10,13-16H,11-12H2,1-2H3,(H,29,32)(H,30,33). The van der Waals surface area contributed by atoms with Gasteiger partial charge in [-0.15, -0.1) is 0 Å². The smallest absolute Gasteiger partial charge is 0.416 e. The molecule has 0 aromatic heterocycles. The summed E-state index contributed by atoms with van der Waals surface area (Å²) < 4.78 is 49.4. The monoisotopic (exact) mass is 487 g/mol. The molecule has 0 fully saturated rings. The van der Waals surface area contributed by atoms with Crippen LogP contribution >= 0.6 is 0 Å². The minimum atomic E-state index is -4.53. The Morgan fingerprint density at radius 3 is 2.14 bits per heavy atom. The van der Waals surface area contributed by atoms with Crippen LogP contribution in [-0.2, 0) is 6.18 Å². The van der Waals surface area contributed by atoms with Gasteiger partial charge in [-0.1, -0.05) is 24.3 Å². The van der Waals surface area contributed by atoms with Crippen LogP contribution in [0.1, 0.15) is 15.9 Å². The van der Waals surface area contributed by atoms with Crippen molar-refractivity contribution in [1.82, 2.24) is 5.32 Å². The van der Waals surface area contributed by atoms with Crippen molar-refractivity contribution < 1.29 is 32.2 Å². The molecule has 0 spiro atoms. The van der Waals surface area contributed by atoms with Gasteiger partial charge in [0.1, 0.15) is 11.5 Å². The number of anilines is 2. The summed E-state index contributed by atoms with van der Waals surface area (Å²) >= 11 is 0. The second kappa shape index (κ2) is 11.3. The summed E-state index contributed by atoms with van der Waals surface area (Å²) in [4.78, 5) is 26.9. The van der Waals surface area contributed by atoms with Crippen LogP contribution < -0.4 is 25.0 Å². The van der Waals surface area contributed by atoms with Crippen LogP contribution in [0.3, 0.4) is 0 Å². The molecule has 0 aliphatic heterocycles. The SMILES string of the molecule is COc1cc(OC)cc(C(=O)NCCN(C(=O)Nc2cccc(C(F)(F)F)c2)c2ccccc2)c1. The van der Waals surface area contributed by atoms with Crippen LogP contribution in [0.15, 0.2) is 72.8 Å². The third-order valence-corrected chi connectivity index (χ3v) is 4.99. The molecule has 0 bridgehead atoms. The highest BCUT2D eigenvalue weighted by Gasteiger charge is 2.30. The molecule has 184 valence electrons. The molecule has 3 amide bonds. The van der Waals surface area contributed by atoms with Crippen LogP contribution in [0.25, 0.3) is 0 Å². The fourth-order valence-electron chi connectivity index (χ4n) is 3.24. The summed E-state index contributed by atoms with van der Waals surface area (Å²) in [6.45, 7) is 0.130. The van der Waals surface area contributed by atoms with E-state index in [0.29, 0.717) is 22.7 Å². The molecule has 35 heavy (non-hydrogen) atoms. The number of carbonyl (C=O) groups is 2. The normalized spacial score (nSPS) is 10.9. The van der Waals surface area contributed by atoms with Gasteiger partial charge >= 0.3 is 12.2 Å². The summed E-state index contributed by atoms with van der Waals surface area (Å²) in [6, 6.07) is 17.0. The summed E-state index contributed by atoms with van der Waals surface area (Å²) in [5.74, 6) is 0.482. The maximum atomic E-state index is 13.0. The third kappa shape index (κ3) is 6.89. The average Bonchev–Trinajstić information content (AvgIpc) is 2.86. The van der Waals surface area contributed by atoms with Crippen molar-refractivity contribution in [2.24, 2.45) is 0 Å². The van der Waals surface area contributed by atoms with Gasteiger partial charge < -0.3 is 20.1 Å². The Balaban J connectivity index is 1.72. The molecule has 0 saturated carbocycles. The number of alkyl halides is 3. The van der Waals surface area contributed by atoms with Gasteiger partial charge in [0.05, 0.1) is 19.8 Å². The Morgan fingerprint density at radius 1 is 0.886 bits per heavy atom. The van der Waals surface area contributed by atoms with Crippen molar-refractivity contribution in [1.29, 1.82) is 0 Å². The molecule has 7 nitrogen and oxygen atoms in total. The topological polar surface area (TPSA) is 79.9 Å². The zero-order chi connectivity index (χ0) is 25.4. The maximum absolute atomic E-state index is 13.0. The lowest BCUT2D eigenvalue weighted by molar-refractivity contribution is -0.137. The minimum Gasteiger partial charge on any atom is -0.497 e. The Kier molecular flexibility index (Phi) is 8.19. The molecule has 0 radical (unpaired) electrons. The van der Waals surface area contributed by atoms with E-state index in [9.17, 15) is 22.8 Å². The second-order valence-electron chi connectivity index (χ2n) is 7.35. The lowest BCUT2D eigenvalue weighted by Crippen LogP contribution is -2.41. The van der Waals surface area contributed by atoms with Gasteiger partial charge in [0.15, 0.2) is 0 Å². The molecule has 0 heterocycles. The Morgan fingerprint density at radius 2 is 1.54 bits per heavy atom. The molecule has 0 unspecified atom stereocenters. The quantitative estimate of drug-likeness (QED) is 0.458. The Labute approximate surface area is 200 Å². The third-order valence-electron chi connectivity index (χ3n) is 4.99. The van der Waals surface area contributed by atoms with E-state index in [2.05, 4.69) is 10.6 Å². The number of para-hydroxylation sites is 1. The van der Waals surface area contributed by atoms with E-state index in [1.807, 2.05) is 0 Å². The van der Waals surface area contributed by atoms with Gasteiger partial charge in [-0.05, 0) is 42.5 Å². The highest BCUT2D eigenvalue weighted by molar-refractivity contribution is 6.02. The molecular weight excluding hydrogens is 463 g/mol. The molecule has 0 atom stereocenters. The van der Waals surface area contributed by atoms with Crippen molar-refractivity contribution in [2.75, 3.05) is 37.5 Å². The number of methoxy groups -OCH3 is 2. The Bertz CT molecular complexity index is 1150. The lowest BCUT2D eigenvalue weighted by Gasteiger charge is -2.24. The van der Waals surface area contributed by atoms with Crippen LogP contribution in [0.2, 0.25) is 0 Å². The zero-order valence-electron chi connectivity index (χ0n) is 19.1. The zero-order valence-corrected chi connectivity index (χ0v) is 19.1. The predicted molar refractivity (Wildman–Crippen MR) is 126 cm³/mol. The molecule has 3 rings (SSSR count). The number of carbonyl (C=O) groups excluding carboxylic acids is 2. The largest absolute Gasteiger partial charge is 0.497 e. The van der Waals surface area contributed by atoms with Crippen LogP contribution in [0, 0.1) is 0 Å². The van der Waals surface area contributed by atoms with Crippen molar-refractivity contribution in [3.63, 3.8) is 0 Å². The van der Waals surface area contributed by atoms with Crippen molar-refractivity contribution in [2.45, 2.75) is 6.18 Å². The van der Waals surface area contributed by atoms with Crippen LogP contribution in [0.5, 0.6) is 11.5 Å². The van der Waals surface area contributed by atoms with E-state index in [1.165, 1.54) is 31.3 Å². The van der Waals surface area contributed by atoms with Gasteiger partial charge in [-0.25, -0.2) is 4.79 Å². The molecule has 3 aromatic carbocycles. The van der Waals surface area contributed by atoms with Crippen LogP contribution in [-0.4, -0.2) is 39.2 Å². The Hall–Kier alpha value is -4.21. The highest BCUT2D eigenvalue weighted by Crippen LogP contribution is 2.31. The molecule has 0 aliphatic rings. The number of nitrogens with one attached hydrogen (secondary N) is 2. The number of amides is 3. The van der Waals surface area contributed by atoms with Gasteiger partial charge in [-0.3, -0.25) is 9.69 Å². The number of halogens is 3. The van der Waals surface area contributed by atoms with Gasteiger partial charge in [0.25, 0.3) is 5.91 Å². The van der Waals surface area contributed by atoms with E-state index in [0.717, 1.165) is 12.1 Å². The van der Waals surface area contributed by atoms with Gasteiger partial charge in [-0.2, -0.15) is 13.2 Å². The number of benzene rings is 3. The maximum Gasteiger partial charge on any atom is 0.416 e. The van der Waals surface area contributed by atoms with E-state index in [1.54, 1.807) is 48.5 Å². The van der Waals surface area contributed by atoms with Crippen molar-refractivity contribution >= 4 is 23.3 Å². The van der Waals surface area contributed by atoms with Crippen molar-refractivity contribution in [3.8, 4) is 11.5 Å².